The number of carbonyl (C=O) groups is 2. The predicted octanol–water partition coefficient (Wildman–Crippen LogP) is 3.82. The summed E-state index contributed by atoms with van der Waals surface area (Å²) in [6, 6.07) is 8.05. The lowest BCUT2D eigenvalue weighted by Crippen LogP contribution is -2.37. The first kappa shape index (κ1) is 21.3. The molecule has 33 heavy (non-hydrogen) atoms. The van der Waals surface area contributed by atoms with E-state index in [-0.39, 0.29) is 29.3 Å². The third-order valence-electron chi connectivity index (χ3n) is 5.57. The maximum atomic E-state index is 13.8. The highest BCUT2D eigenvalue weighted by Gasteiger charge is 2.28. The predicted molar refractivity (Wildman–Crippen MR) is 115 cm³/mol. The van der Waals surface area contributed by atoms with E-state index < -0.39 is 17.5 Å². The molecule has 0 bridgehead atoms. The van der Waals surface area contributed by atoms with Gasteiger partial charge in [0.1, 0.15) is 16.6 Å². The molecule has 8 nitrogen and oxygen atoms in total. The molecule has 0 atom stereocenters. The molecule has 1 aromatic heterocycles. The first-order valence-corrected chi connectivity index (χ1v) is 11.1. The Bertz CT molecular complexity index is 1230. The number of aromatic nitrogens is 2. The quantitative estimate of drug-likeness (QED) is 0.621. The minimum atomic E-state index is -0.868. The minimum absolute atomic E-state index is 0.0624. The van der Waals surface area contributed by atoms with E-state index in [2.05, 4.69) is 15.5 Å². The highest BCUT2D eigenvalue weighted by Crippen LogP contribution is 2.34. The van der Waals surface area contributed by atoms with Crippen LogP contribution in [0.3, 0.4) is 0 Å². The Balaban J connectivity index is 1.19. The minimum Gasteiger partial charge on any atom is -0.454 e. The highest BCUT2D eigenvalue weighted by molar-refractivity contribution is 7.13. The molecule has 3 heterocycles. The van der Waals surface area contributed by atoms with Gasteiger partial charge in [-0.25, -0.2) is 8.78 Å². The van der Waals surface area contributed by atoms with E-state index in [1.54, 1.807) is 23.1 Å². The first-order chi connectivity index (χ1) is 16.0. The van der Waals surface area contributed by atoms with Gasteiger partial charge in [-0.05, 0) is 43.2 Å². The lowest BCUT2D eigenvalue weighted by Gasteiger charge is -2.31. The van der Waals surface area contributed by atoms with Gasteiger partial charge < -0.3 is 19.7 Å². The fraction of sp³-hybridized carbons (Fsp3) is 0.273. The van der Waals surface area contributed by atoms with Gasteiger partial charge in [0.15, 0.2) is 11.5 Å². The fourth-order valence-electron chi connectivity index (χ4n) is 3.80. The van der Waals surface area contributed by atoms with E-state index in [4.69, 9.17) is 9.47 Å². The van der Waals surface area contributed by atoms with Crippen molar-refractivity contribution in [1.29, 1.82) is 0 Å². The van der Waals surface area contributed by atoms with E-state index in [0.717, 1.165) is 23.5 Å². The van der Waals surface area contributed by atoms with Crippen LogP contribution in [0.25, 0.3) is 0 Å². The molecule has 0 radical (unpaired) electrons. The zero-order valence-corrected chi connectivity index (χ0v) is 18.0. The Morgan fingerprint density at radius 2 is 1.82 bits per heavy atom. The number of likely N-dealkylation sites (tertiary alicyclic amines) is 1. The molecule has 0 unspecified atom stereocenters. The number of hydrogen-bond acceptors (Lipinski definition) is 7. The number of halogens is 2. The number of fused-ring (bicyclic) bond motifs is 1. The maximum absolute atomic E-state index is 13.8. The molecule has 170 valence electrons. The van der Waals surface area contributed by atoms with Gasteiger partial charge >= 0.3 is 0 Å². The number of amides is 2. The van der Waals surface area contributed by atoms with Crippen LogP contribution in [0.2, 0.25) is 0 Å². The van der Waals surface area contributed by atoms with Gasteiger partial charge in [-0.15, -0.1) is 10.2 Å². The number of hydrogen-bond donors (Lipinski definition) is 1. The fourth-order valence-corrected chi connectivity index (χ4v) is 4.71. The number of piperidine rings is 1. The second-order valence-electron chi connectivity index (χ2n) is 7.66. The molecular weight excluding hydrogens is 454 g/mol. The summed E-state index contributed by atoms with van der Waals surface area (Å²) in [4.78, 5) is 27.0. The van der Waals surface area contributed by atoms with E-state index in [1.165, 1.54) is 0 Å². The van der Waals surface area contributed by atoms with Gasteiger partial charge in [-0.1, -0.05) is 11.3 Å². The number of benzene rings is 2. The Morgan fingerprint density at radius 3 is 2.61 bits per heavy atom. The van der Waals surface area contributed by atoms with Gasteiger partial charge in [-0.3, -0.25) is 9.59 Å². The van der Waals surface area contributed by atoms with Crippen molar-refractivity contribution in [3.05, 3.63) is 63.6 Å². The number of ether oxygens (including phenoxy) is 2. The third kappa shape index (κ3) is 4.36. The molecule has 5 rings (SSSR count). The molecule has 2 aliphatic heterocycles. The Morgan fingerprint density at radius 1 is 1.03 bits per heavy atom. The van der Waals surface area contributed by atoms with Crippen LogP contribution in [-0.2, 0) is 0 Å². The van der Waals surface area contributed by atoms with E-state index in [0.29, 0.717) is 54.1 Å². The van der Waals surface area contributed by atoms with Crippen molar-refractivity contribution in [3.8, 4) is 11.5 Å². The lowest BCUT2D eigenvalue weighted by molar-refractivity contribution is 0.0712. The lowest BCUT2D eigenvalue weighted by atomic mass is 9.97. The molecule has 1 N–H and O–H groups in total. The Labute approximate surface area is 191 Å². The van der Waals surface area contributed by atoms with Crippen molar-refractivity contribution in [2.24, 2.45) is 0 Å². The summed E-state index contributed by atoms with van der Waals surface area (Å²) in [5, 5.41) is 11.2. The van der Waals surface area contributed by atoms with E-state index in [9.17, 15) is 18.4 Å². The van der Waals surface area contributed by atoms with E-state index >= 15 is 0 Å². The number of nitrogens with zero attached hydrogens (tertiary/aromatic N) is 3. The zero-order valence-electron chi connectivity index (χ0n) is 17.2. The van der Waals surface area contributed by atoms with Crippen LogP contribution in [0.1, 0.15) is 43.9 Å². The van der Waals surface area contributed by atoms with Gasteiger partial charge in [0.2, 0.25) is 11.8 Å². The summed E-state index contributed by atoms with van der Waals surface area (Å²) in [5.41, 5.74) is 0.411. The van der Waals surface area contributed by atoms with Crippen LogP contribution in [0.5, 0.6) is 11.5 Å². The molecule has 0 saturated carbocycles. The van der Waals surface area contributed by atoms with Crippen molar-refractivity contribution in [2.45, 2.75) is 18.8 Å². The van der Waals surface area contributed by atoms with Crippen LogP contribution in [0.4, 0.5) is 14.5 Å². The Kier molecular flexibility index (Phi) is 5.63. The molecule has 2 amide bonds. The average molecular weight is 472 g/mol. The average Bonchev–Trinajstić information content (AvgIpc) is 3.50. The molecule has 11 heteroatoms. The smallest absolute Gasteiger partial charge is 0.286 e. The van der Waals surface area contributed by atoms with Crippen LogP contribution >= 0.6 is 11.3 Å². The molecule has 1 saturated heterocycles. The SMILES string of the molecule is O=C(Nc1ccc(F)cc1F)c1nnc(C2CCN(C(=O)c3ccc4c(c3)OCO4)CC2)s1. The largest absolute Gasteiger partial charge is 0.454 e. The molecule has 2 aliphatic rings. The molecular formula is C22H18F2N4O4S. The summed E-state index contributed by atoms with van der Waals surface area (Å²) in [6.45, 7) is 1.23. The molecule has 1 fully saturated rings. The summed E-state index contributed by atoms with van der Waals surface area (Å²) in [6.07, 6.45) is 1.36. The van der Waals surface area contributed by atoms with E-state index in [1.807, 2.05) is 0 Å². The molecule has 2 aromatic carbocycles. The number of nitrogens with one attached hydrogen (secondary N) is 1. The summed E-state index contributed by atoms with van der Waals surface area (Å²) in [7, 11) is 0. The van der Waals surface area contributed by atoms with Crippen molar-refractivity contribution in [1.82, 2.24) is 15.1 Å². The number of anilines is 1. The van der Waals surface area contributed by atoms with Gasteiger partial charge in [0, 0.05) is 30.6 Å². The van der Waals surface area contributed by atoms with Crippen LogP contribution in [-0.4, -0.2) is 46.8 Å². The molecule has 0 aliphatic carbocycles. The van der Waals surface area contributed by atoms with Crippen molar-refractivity contribution >= 4 is 28.8 Å². The standard InChI is InChI=1S/C22H18F2N4O4S/c23-14-2-3-16(15(24)10-14)25-19(29)21-27-26-20(33-21)12-5-7-28(8-6-12)22(30)13-1-4-17-18(9-13)32-11-31-17/h1-4,9-10,12H,5-8,11H2,(H,25,29). The maximum Gasteiger partial charge on any atom is 0.286 e. The second-order valence-corrected chi connectivity index (χ2v) is 8.67. The van der Waals surface area contributed by atoms with Crippen molar-refractivity contribution in [3.63, 3.8) is 0 Å². The first-order valence-electron chi connectivity index (χ1n) is 10.3. The summed E-state index contributed by atoms with van der Waals surface area (Å²) >= 11 is 1.13. The van der Waals surface area contributed by atoms with Crippen LogP contribution in [0.15, 0.2) is 36.4 Å². The van der Waals surface area contributed by atoms with Crippen molar-refractivity contribution < 1.29 is 27.8 Å². The van der Waals surface area contributed by atoms with Gasteiger partial charge in [-0.2, -0.15) is 0 Å². The van der Waals surface area contributed by atoms with Gasteiger partial charge in [0.05, 0.1) is 5.69 Å². The topological polar surface area (TPSA) is 93.7 Å². The molecule has 3 aromatic rings. The third-order valence-corrected chi connectivity index (χ3v) is 6.65. The van der Waals surface area contributed by atoms with Crippen LogP contribution in [0, 0.1) is 11.6 Å². The zero-order chi connectivity index (χ0) is 22.9. The van der Waals surface area contributed by atoms with Gasteiger partial charge in [0.25, 0.3) is 11.8 Å². The summed E-state index contributed by atoms with van der Waals surface area (Å²) < 4.78 is 37.4. The van der Waals surface area contributed by atoms with Crippen molar-refractivity contribution in [2.75, 3.05) is 25.2 Å². The normalized spacial score (nSPS) is 15.5. The van der Waals surface area contributed by atoms with Crippen LogP contribution < -0.4 is 14.8 Å². The number of rotatable bonds is 4. The Hall–Kier alpha value is -3.60. The number of carbonyl (C=O) groups excluding carboxylic acids is 2. The second kappa shape index (κ2) is 8.74. The monoisotopic (exact) mass is 472 g/mol. The molecule has 0 spiro atoms. The highest BCUT2D eigenvalue weighted by atomic mass is 32.1. The summed E-state index contributed by atoms with van der Waals surface area (Å²) in [5.74, 6) is -1.03.